The molecule has 5 N–H and O–H groups in total. The lowest BCUT2D eigenvalue weighted by atomic mass is 9.99. The largest absolute Gasteiger partial charge is 0.495 e. The van der Waals surface area contributed by atoms with Crippen LogP contribution in [0.5, 0.6) is 5.75 Å². The fourth-order valence-electron chi connectivity index (χ4n) is 4.40. The fraction of sp³-hybridized carbons (Fsp3) is 0.367. The maximum Gasteiger partial charge on any atom is 0.328 e. The van der Waals surface area contributed by atoms with Crippen LogP contribution in [0, 0.1) is 12.8 Å². The molecular formula is C30H38N6O6. The highest BCUT2D eigenvalue weighted by atomic mass is 16.5. The van der Waals surface area contributed by atoms with Crippen LogP contribution in [-0.4, -0.2) is 51.9 Å². The van der Waals surface area contributed by atoms with Crippen molar-refractivity contribution < 1.29 is 29.0 Å². The van der Waals surface area contributed by atoms with Gasteiger partial charge in [0.25, 0.3) is 0 Å². The second-order valence-electron chi connectivity index (χ2n) is 10.4. The number of aryl methyl sites for hydroxylation is 1. The predicted molar refractivity (Wildman–Crippen MR) is 158 cm³/mol. The number of hydrogen-bond donors (Lipinski definition) is 5. The fourth-order valence-corrected chi connectivity index (χ4v) is 4.40. The molecule has 1 heterocycles. The number of rotatable bonds is 13. The van der Waals surface area contributed by atoms with Gasteiger partial charge in [-0.05, 0) is 48.6 Å². The third-order valence-electron chi connectivity index (χ3n) is 6.42. The van der Waals surface area contributed by atoms with Crippen molar-refractivity contribution in [3.8, 4) is 5.75 Å². The lowest BCUT2D eigenvalue weighted by Gasteiger charge is -2.20. The van der Waals surface area contributed by atoms with Crippen molar-refractivity contribution in [2.45, 2.75) is 59.2 Å². The highest BCUT2D eigenvalue weighted by Crippen LogP contribution is 2.27. The number of carbonyl (C=O) groups excluding carboxylic acids is 3. The number of aliphatic carboxylic acids is 1. The van der Waals surface area contributed by atoms with Crippen molar-refractivity contribution in [1.82, 2.24) is 20.4 Å². The van der Waals surface area contributed by atoms with Crippen molar-refractivity contribution in [2.75, 3.05) is 17.7 Å². The van der Waals surface area contributed by atoms with Crippen LogP contribution >= 0.6 is 0 Å². The molecule has 0 aliphatic carbocycles. The van der Waals surface area contributed by atoms with E-state index in [1.807, 2.05) is 45.0 Å². The molecule has 42 heavy (non-hydrogen) atoms. The molecule has 224 valence electrons. The Hall–Kier alpha value is -4.87. The quantitative estimate of drug-likeness (QED) is 0.205. The summed E-state index contributed by atoms with van der Waals surface area (Å²) in [5, 5.41) is 24.7. The summed E-state index contributed by atoms with van der Waals surface area (Å²) >= 11 is 0. The Morgan fingerprint density at radius 2 is 1.74 bits per heavy atom. The van der Waals surface area contributed by atoms with Gasteiger partial charge < -0.3 is 31.1 Å². The Bertz CT molecular complexity index is 1420. The number of nitrogens with one attached hydrogen (secondary N) is 4. The SMILES string of the molecule is COc1cc(CC(=O)NC(CC(C)C)c2cnn(CC(NC(C)=O)C(=O)O)c2)ccc1NC(=O)Nc1ccccc1C. The van der Waals surface area contributed by atoms with Gasteiger partial charge in [0.15, 0.2) is 0 Å². The molecule has 3 rings (SSSR count). The molecule has 0 radical (unpaired) electrons. The van der Waals surface area contributed by atoms with Crippen LogP contribution < -0.4 is 26.0 Å². The van der Waals surface area contributed by atoms with E-state index in [2.05, 4.69) is 26.4 Å². The topological polar surface area (TPSA) is 164 Å². The van der Waals surface area contributed by atoms with Gasteiger partial charge in [0.1, 0.15) is 11.8 Å². The van der Waals surface area contributed by atoms with E-state index >= 15 is 0 Å². The Kier molecular flexibility index (Phi) is 11.1. The summed E-state index contributed by atoms with van der Waals surface area (Å²) in [5.41, 5.74) is 3.49. The van der Waals surface area contributed by atoms with E-state index in [1.54, 1.807) is 30.6 Å². The van der Waals surface area contributed by atoms with E-state index in [9.17, 15) is 24.3 Å². The lowest BCUT2D eigenvalue weighted by molar-refractivity contribution is -0.142. The van der Waals surface area contributed by atoms with Crippen LogP contribution in [0.1, 0.15) is 49.9 Å². The first-order chi connectivity index (χ1) is 19.9. The number of aromatic nitrogens is 2. The first kappa shape index (κ1) is 31.7. The molecule has 12 heteroatoms. The van der Waals surface area contributed by atoms with E-state index in [0.29, 0.717) is 29.1 Å². The average molecular weight is 579 g/mol. The van der Waals surface area contributed by atoms with E-state index < -0.39 is 23.9 Å². The number of amides is 4. The zero-order valence-electron chi connectivity index (χ0n) is 24.4. The standard InChI is InChI=1S/C30H38N6O6/c1-18(2)12-25(22-15-31-36(16-22)17-26(29(39)40)32-20(4)37)33-28(38)14-21-10-11-24(27(13-21)42-5)35-30(41)34-23-9-7-6-8-19(23)3/h6-11,13,15-16,18,25-26H,12,14,17H2,1-5H3,(H,32,37)(H,33,38)(H,39,40)(H2,34,35,41). The normalized spacial score (nSPS) is 12.2. The van der Waals surface area contributed by atoms with Crippen LogP contribution in [0.3, 0.4) is 0 Å². The first-order valence-corrected chi connectivity index (χ1v) is 13.6. The molecule has 2 unspecified atom stereocenters. The Morgan fingerprint density at radius 3 is 2.38 bits per heavy atom. The number of para-hydroxylation sites is 1. The average Bonchev–Trinajstić information content (AvgIpc) is 3.38. The number of carbonyl (C=O) groups is 4. The number of anilines is 2. The summed E-state index contributed by atoms with van der Waals surface area (Å²) in [6.45, 7) is 7.17. The molecule has 0 saturated heterocycles. The third-order valence-corrected chi connectivity index (χ3v) is 6.42. The summed E-state index contributed by atoms with van der Waals surface area (Å²) in [6.07, 6.45) is 3.97. The second kappa shape index (κ2) is 14.7. The number of carboxylic acid groups (broad SMARTS) is 1. The first-order valence-electron chi connectivity index (χ1n) is 13.6. The Balaban J connectivity index is 1.67. The molecule has 0 saturated carbocycles. The number of ether oxygens (including phenoxy) is 1. The Morgan fingerprint density at radius 1 is 1.02 bits per heavy atom. The number of urea groups is 1. The smallest absolute Gasteiger partial charge is 0.328 e. The van der Waals surface area contributed by atoms with Gasteiger partial charge in [-0.3, -0.25) is 14.3 Å². The van der Waals surface area contributed by atoms with Gasteiger partial charge in [-0.25, -0.2) is 9.59 Å². The second-order valence-corrected chi connectivity index (χ2v) is 10.4. The predicted octanol–water partition coefficient (Wildman–Crippen LogP) is 3.88. The minimum Gasteiger partial charge on any atom is -0.495 e. The highest BCUT2D eigenvalue weighted by molar-refractivity contribution is 6.01. The van der Waals surface area contributed by atoms with E-state index in [1.165, 1.54) is 18.7 Å². The molecular weight excluding hydrogens is 540 g/mol. The molecule has 1 aromatic heterocycles. The molecule has 0 aliphatic rings. The molecule has 0 bridgehead atoms. The molecule has 3 aromatic rings. The summed E-state index contributed by atoms with van der Waals surface area (Å²) in [4.78, 5) is 48.5. The van der Waals surface area contributed by atoms with Gasteiger partial charge in [-0.15, -0.1) is 0 Å². The monoisotopic (exact) mass is 578 g/mol. The van der Waals surface area contributed by atoms with E-state index in [4.69, 9.17) is 4.74 Å². The molecule has 12 nitrogen and oxygen atoms in total. The zero-order valence-corrected chi connectivity index (χ0v) is 24.4. The Labute approximate surface area is 244 Å². The van der Waals surface area contributed by atoms with Gasteiger partial charge in [0.2, 0.25) is 11.8 Å². The number of methoxy groups -OCH3 is 1. The summed E-state index contributed by atoms with van der Waals surface area (Å²) in [7, 11) is 1.49. The van der Waals surface area contributed by atoms with Crippen LogP contribution in [0.2, 0.25) is 0 Å². The zero-order chi connectivity index (χ0) is 30.8. The van der Waals surface area contributed by atoms with Crippen molar-refractivity contribution in [2.24, 2.45) is 5.92 Å². The van der Waals surface area contributed by atoms with Crippen molar-refractivity contribution >= 4 is 35.2 Å². The highest BCUT2D eigenvalue weighted by Gasteiger charge is 2.22. The van der Waals surface area contributed by atoms with Crippen LogP contribution in [0.15, 0.2) is 54.9 Å². The summed E-state index contributed by atoms with van der Waals surface area (Å²) in [5.74, 6) is -1.19. The number of carboxylic acids is 1. The number of nitrogens with zero attached hydrogens (tertiary/aromatic N) is 2. The van der Waals surface area contributed by atoms with Crippen molar-refractivity contribution in [3.05, 3.63) is 71.5 Å². The van der Waals surface area contributed by atoms with Gasteiger partial charge in [0, 0.05) is 24.4 Å². The van der Waals surface area contributed by atoms with E-state index in [0.717, 1.165) is 11.1 Å². The van der Waals surface area contributed by atoms with Crippen LogP contribution in [0.4, 0.5) is 16.2 Å². The van der Waals surface area contributed by atoms with Gasteiger partial charge in [-0.1, -0.05) is 38.1 Å². The molecule has 0 aliphatic heterocycles. The molecule has 2 atom stereocenters. The van der Waals surface area contributed by atoms with Gasteiger partial charge >= 0.3 is 12.0 Å². The summed E-state index contributed by atoms with van der Waals surface area (Å²) in [6, 6.07) is 10.7. The molecule has 4 amide bonds. The molecule has 0 fully saturated rings. The number of hydrogen-bond acceptors (Lipinski definition) is 6. The van der Waals surface area contributed by atoms with Crippen molar-refractivity contribution in [1.29, 1.82) is 0 Å². The molecule has 2 aromatic carbocycles. The van der Waals surface area contributed by atoms with Gasteiger partial charge in [-0.2, -0.15) is 5.10 Å². The van der Waals surface area contributed by atoms with Gasteiger partial charge in [0.05, 0.1) is 38.0 Å². The summed E-state index contributed by atoms with van der Waals surface area (Å²) < 4.78 is 6.91. The minimum absolute atomic E-state index is 0.0551. The maximum absolute atomic E-state index is 13.1. The number of benzene rings is 2. The third kappa shape index (κ3) is 9.36. The van der Waals surface area contributed by atoms with Crippen molar-refractivity contribution in [3.63, 3.8) is 0 Å². The van der Waals surface area contributed by atoms with Crippen LogP contribution in [0.25, 0.3) is 0 Å². The lowest BCUT2D eigenvalue weighted by Crippen LogP contribution is -2.42. The van der Waals surface area contributed by atoms with Crippen LogP contribution in [-0.2, 0) is 27.3 Å². The maximum atomic E-state index is 13.1. The minimum atomic E-state index is -1.17. The van der Waals surface area contributed by atoms with E-state index in [-0.39, 0.29) is 30.8 Å². The molecule has 0 spiro atoms.